The van der Waals surface area contributed by atoms with Crippen molar-refractivity contribution in [2.24, 2.45) is 5.92 Å². The lowest BCUT2D eigenvalue weighted by atomic mass is 9.99. The van der Waals surface area contributed by atoms with Crippen molar-refractivity contribution < 1.29 is 28.2 Å². The zero-order valence-electron chi connectivity index (χ0n) is 20.1. The molecule has 2 atom stereocenters. The van der Waals surface area contributed by atoms with Crippen LogP contribution in [-0.2, 0) is 4.79 Å². The number of anilines is 1. The number of aromatic nitrogens is 1. The minimum atomic E-state index is -0.971. The summed E-state index contributed by atoms with van der Waals surface area (Å²) < 4.78 is 33.1. The number of carboxylic acid groups (broad SMARTS) is 1. The number of ether oxygens (including phenoxy) is 1. The second-order valence-electron chi connectivity index (χ2n) is 8.43. The summed E-state index contributed by atoms with van der Waals surface area (Å²) in [5.74, 6) is -1.96. The number of benzene rings is 2. The van der Waals surface area contributed by atoms with Crippen molar-refractivity contribution in [2.45, 2.75) is 32.7 Å². The van der Waals surface area contributed by atoms with Gasteiger partial charge in [0, 0.05) is 47.3 Å². The molecule has 1 aromatic heterocycles. The molecule has 0 radical (unpaired) electrons. The molecule has 1 amide bonds. The van der Waals surface area contributed by atoms with E-state index in [0.29, 0.717) is 23.6 Å². The molecule has 0 saturated carbocycles. The fraction of sp³-hybridized carbons (Fsp3) is 0.296. The van der Waals surface area contributed by atoms with Crippen molar-refractivity contribution in [3.05, 3.63) is 78.0 Å². The molecule has 0 fully saturated rings. The highest BCUT2D eigenvalue weighted by Crippen LogP contribution is 2.24. The SMILES string of the molecule is CC[C@H](C)[C@@H](COc1ccc(-c2ccc(F)cc2F)cn1)Nc1ccc(C(=O)NCCC(=O)O)cc1. The number of halogens is 2. The summed E-state index contributed by atoms with van der Waals surface area (Å²) in [6.45, 7) is 4.56. The van der Waals surface area contributed by atoms with Crippen molar-refractivity contribution in [3.63, 3.8) is 0 Å². The third-order valence-electron chi connectivity index (χ3n) is 5.84. The first kappa shape index (κ1) is 26.6. The Kier molecular flexibility index (Phi) is 9.32. The fourth-order valence-corrected chi connectivity index (χ4v) is 3.47. The van der Waals surface area contributed by atoms with E-state index in [4.69, 9.17) is 9.84 Å². The van der Waals surface area contributed by atoms with E-state index >= 15 is 0 Å². The van der Waals surface area contributed by atoms with Crippen LogP contribution in [0.4, 0.5) is 14.5 Å². The number of carbonyl (C=O) groups is 2. The van der Waals surface area contributed by atoms with Crippen LogP contribution < -0.4 is 15.4 Å². The predicted octanol–water partition coefficient (Wildman–Crippen LogP) is 5.14. The molecule has 0 spiro atoms. The Balaban J connectivity index is 1.60. The van der Waals surface area contributed by atoms with E-state index in [1.54, 1.807) is 36.4 Å². The Morgan fingerprint density at radius 2 is 1.83 bits per heavy atom. The smallest absolute Gasteiger partial charge is 0.305 e. The zero-order valence-corrected chi connectivity index (χ0v) is 20.1. The molecule has 0 unspecified atom stereocenters. The third kappa shape index (κ3) is 7.49. The van der Waals surface area contributed by atoms with Crippen LogP contribution in [0.15, 0.2) is 60.8 Å². The minimum absolute atomic E-state index is 0.0544. The summed E-state index contributed by atoms with van der Waals surface area (Å²) in [5, 5.41) is 14.7. The van der Waals surface area contributed by atoms with E-state index < -0.39 is 17.6 Å². The molecule has 3 rings (SSSR count). The van der Waals surface area contributed by atoms with E-state index in [0.717, 1.165) is 18.2 Å². The largest absolute Gasteiger partial charge is 0.481 e. The maximum absolute atomic E-state index is 14.0. The molecule has 0 bridgehead atoms. The van der Waals surface area contributed by atoms with Crippen LogP contribution in [0, 0.1) is 17.6 Å². The van der Waals surface area contributed by atoms with Crippen molar-refractivity contribution in [3.8, 4) is 17.0 Å². The van der Waals surface area contributed by atoms with Crippen LogP contribution in [0.2, 0.25) is 0 Å². The van der Waals surface area contributed by atoms with Gasteiger partial charge in [-0.15, -0.1) is 0 Å². The minimum Gasteiger partial charge on any atom is -0.481 e. The number of nitrogens with zero attached hydrogens (tertiary/aromatic N) is 1. The van der Waals surface area contributed by atoms with Crippen LogP contribution in [0.1, 0.15) is 37.0 Å². The molecule has 0 aliphatic heterocycles. The molecule has 0 saturated heterocycles. The van der Waals surface area contributed by atoms with Crippen LogP contribution >= 0.6 is 0 Å². The van der Waals surface area contributed by atoms with Gasteiger partial charge in [-0.2, -0.15) is 0 Å². The van der Waals surface area contributed by atoms with Gasteiger partial charge >= 0.3 is 5.97 Å². The molecule has 2 aromatic carbocycles. The molecule has 190 valence electrons. The molecule has 7 nitrogen and oxygen atoms in total. The van der Waals surface area contributed by atoms with Gasteiger partial charge in [0.2, 0.25) is 5.88 Å². The number of aliphatic carboxylic acids is 1. The number of hydrogen-bond donors (Lipinski definition) is 3. The molecule has 1 heterocycles. The lowest BCUT2D eigenvalue weighted by Crippen LogP contribution is -2.33. The number of carbonyl (C=O) groups excluding carboxylic acids is 1. The van der Waals surface area contributed by atoms with Gasteiger partial charge in [-0.3, -0.25) is 9.59 Å². The molecule has 0 aliphatic rings. The van der Waals surface area contributed by atoms with Gasteiger partial charge in [0.15, 0.2) is 0 Å². The number of rotatable bonds is 12. The molecule has 3 N–H and O–H groups in total. The number of hydrogen-bond acceptors (Lipinski definition) is 5. The van der Waals surface area contributed by atoms with E-state index in [1.165, 1.54) is 18.3 Å². The number of carboxylic acids is 1. The topological polar surface area (TPSA) is 101 Å². The first-order valence-corrected chi connectivity index (χ1v) is 11.7. The second-order valence-corrected chi connectivity index (χ2v) is 8.43. The summed E-state index contributed by atoms with van der Waals surface area (Å²) in [7, 11) is 0. The average molecular weight is 498 g/mol. The maximum atomic E-state index is 14.0. The van der Waals surface area contributed by atoms with Crippen molar-refractivity contribution in [1.29, 1.82) is 0 Å². The van der Waals surface area contributed by atoms with Crippen molar-refractivity contribution in [2.75, 3.05) is 18.5 Å². The normalized spacial score (nSPS) is 12.4. The quantitative estimate of drug-likeness (QED) is 0.321. The van der Waals surface area contributed by atoms with Gasteiger partial charge in [-0.05, 0) is 48.4 Å². The van der Waals surface area contributed by atoms with Crippen LogP contribution in [0.5, 0.6) is 5.88 Å². The molecule has 3 aromatic rings. The Morgan fingerprint density at radius 3 is 2.44 bits per heavy atom. The highest BCUT2D eigenvalue weighted by molar-refractivity contribution is 5.94. The van der Waals surface area contributed by atoms with Gasteiger partial charge in [0.25, 0.3) is 5.91 Å². The van der Waals surface area contributed by atoms with Gasteiger partial charge in [-0.25, -0.2) is 13.8 Å². The average Bonchev–Trinajstić information content (AvgIpc) is 2.86. The summed E-state index contributed by atoms with van der Waals surface area (Å²) in [5.41, 5.74) is 2.02. The second kappa shape index (κ2) is 12.6. The van der Waals surface area contributed by atoms with Gasteiger partial charge in [0.1, 0.15) is 18.2 Å². The highest BCUT2D eigenvalue weighted by atomic mass is 19.1. The lowest BCUT2D eigenvalue weighted by Gasteiger charge is -2.25. The van der Waals surface area contributed by atoms with E-state index in [1.807, 2.05) is 0 Å². The molecule has 0 aliphatic carbocycles. The predicted molar refractivity (Wildman–Crippen MR) is 133 cm³/mol. The third-order valence-corrected chi connectivity index (χ3v) is 5.84. The maximum Gasteiger partial charge on any atom is 0.305 e. The summed E-state index contributed by atoms with van der Waals surface area (Å²) >= 11 is 0. The monoisotopic (exact) mass is 497 g/mol. The summed E-state index contributed by atoms with van der Waals surface area (Å²) in [6, 6.07) is 13.6. The van der Waals surface area contributed by atoms with Crippen LogP contribution in [0.25, 0.3) is 11.1 Å². The number of nitrogens with one attached hydrogen (secondary N) is 2. The van der Waals surface area contributed by atoms with Gasteiger partial charge < -0.3 is 20.5 Å². The fourth-order valence-electron chi connectivity index (χ4n) is 3.47. The van der Waals surface area contributed by atoms with E-state index in [-0.39, 0.29) is 36.4 Å². The van der Waals surface area contributed by atoms with E-state index in [2.05, 4.69) is 29.5 Å². The van der Waals surface area contributed by atoms with Gasteiger partial charge in [-0.1, -0.05) is 20.3 Å². The number of pyridine rings is 1. The van der Waals surface area contributed by atoms with Crippen LogP contribution in [-0.4, -0.2) is 41.2 Å². The summed E-state index contributed by atoms with van der Waals surface area (Å²) in [6.07, 6.45) is 2.25. The number of amides is 1. The van der Waals surface area contributed by atoms with E-state index in [9.17, 15) is 18.4 Å². The Morgan fingerprint density at radius 1 is 1.08 bits per heavy atom. The molecule has 36 heavy (non-hydrogen) atoms. The van der Waals surface area contributed by atoms with Crippen LogP contribution in [0.3, 0.4) is 0 Å². The Labute approximate surface area is 208 Å². The highest BCUT2D eigenvalue weighted by Gasteiger charge is 2.18. The first-order valence-electron chi connectivity index (χ1n) is 11.7. The molecular weight excluding hydrogens is 468 g/mol. The Hall–Kier alpha value is -4.01. The summed E-state index contributed by atoms with van der Waals surface area (Å²) in [4.78, 5) is 27.0. The zero-order chi connectivity index (χ0) is 26.1. The molecule has 9 heteroatoms. The van der Waals surface area contributed by atoms with Crippen molar-refractivity contribution in [1.82, 2.24) is 10.3 Å². The van der Waals surface area contributed by atoms with Crippen molar-refractivity contribution >= 4 is 17.6 Å². The first-order chi connectivity index (χ1) is 17.3. The standard InChI is InChI=1S/C27H29F2N3O4/c1-3-17(2)24(32-21-8-4-18(5-9-21)27(35)30-13-12-26(33)34)16-36-25-11-6-19(15-31-25)22-10-7-20(28)14-23(22)29/h4-11,14-15,17,24,32H,3,12-13,16H2,1-2H3,(H,30,35)(H,33,34)/t17-,24+/m0/s1. The lowest BCUT2D eigenvalue weighted by molar-refractivity contribution is -0.136. The van der Waals surface area contributed by atoms with Gasteiger partial charge in [0.05, 0.1) is 12.5 Å². The molecular formula is C27H29F2N3O4. The Bertz CT molecular complexity index is 1170.